The number of hydrogen-bond acceptors (Lipinski definition) is 5. The quantitative estimate of drug-likeness (QED) is 0.701. The Bertz CT molecular complexity index is 831. The minimum Gasteiger partial charge on any atom is -0.491 e. The summed E-state index contributed by atoms with van der Waals surface area (Å²) in [5.41, 5.74) is 0.881. The van der Waals surface area contributed by atoms with Gasteiger partial charge in [-0.1, -0.05) is 20.8 Å². The van der Waals surface area contributed by atoms with Gasteiger partial charge in [-0.15, -0.1) is 0 Å². The third-order valence-corrected chi connectivity index (χ3v) is 5.84. The number of carbonyl (C=O) groups is 3. The number of anilines is 1. The average Bonchev–Trinajstić information content (AvgIpc) is 2.81. The second-order valence-electron chi connectivity index (χ2n) is 8.59. The van der Waals surface area contributed by atoms with Crippen LogP contribution in [0.25, 0.3) is 0 Å². The predicted molar refractivity (Wildman–Crippen MR) is 128 cm³/mol. The van der Waals surface area contributed by atoms with Gasteiger partial charge in [0.2, 0.25) is 5.91 Å². The van der Waals surface area contributed by atoms with Gasteiger partial charge in [-0.05, 0) is 31.5 Å². The highest BCUT2D eigenvalue weighted by Gasteiger charge is 2.30. The van der Waals surface area contributed by atoms with Crippen LogP contribution in [0.3, 0.4) is 0 Å². The molecule has 33 heavy (non-hydrogen) atoms. The first-order chi connectivity index (χ1) is 15.7. The van der Waals surface area contributed by atoms with E-state index < -0.39 is 0 Å². The molecule has 3 atom stereocenters. The fraction of sp³-hybridized carbons (Fsp3) is 0.625. The lowest BCUT2D eigenvalue weighted by molar-refractivity contribution is -0.115. The summed E-state index contributed by atoms with van der Waals surface area (Å²) in [6.45, 7) is 9.34. The van der Waals surface area contributed by atoms with Gasteiger partial charge in [-0.3, -0.25) is 9.59 Å². The van der Waals surface area contributed by atoms with E-state index in [0.717, 1.165) is 6.42 Å². The van der Waals surface area contributed by atoms with Crippen molar-refractivity contribution in [3.8, 4) is 5.75 Å². The van der Waals surface area contributed by atoms with Crippen molar-refractivity contribution in [2.45, 2.75) is 52.7 Å². The summed E-state index contributed by atoms with van der Waals surface area (Å²) in [6.07, 6.45) is 0.916. The molecule has 9 heteroatoms. The first kappa shape index (κ1) is 26.4. The van der Waals surface area contributed by atoms with Crippen LogP contribution in [0.4, 0.5) is 10.5 Å². The Morgan fingerprint density at radius 2 is 1.94 bits per heavy atom. The summed E-state index contributed by atoms with van der Waals surface area (Å²) < 4.78 is 11.7. The van der Waals surface area contributed by atoms with E-state index in [0.29, 0.717) is 43.1 Å². The van der Waals surface area contributed by atoms with Crippen LogP contribution in [0.5, 0.6) is 5.75 Å². The molecule has 1 heterocycles. The summed E-state index contributed by atoms with van der Waals surface area (Å²) in [5.74, 6) is 0.0249. The molecule has 0 unspecified atom stereocenters. The van der Waals surface area contributed by atoms with Crippen LogP contribution in [-0.4, -0.2) is 80.2 Å². The lowest BCUT2D eigenvalue weighted by atomic mass is 10.0. The van der Waals surface area contributed by atoms with E-state index in [2.05, 4.69) is 10.6 Å². The molecule has 1 aromatic rings. The van der Waals surface area contributed by atoms with Crippen molar-refractivity contribution in [2.24, 2.45) is 5.92 Å². The number of methoxy groups -OCH3 is 1. The van der Waals surface area contributed by atoms with Crippen molar-refractivity contribution < 1.29 is 23.9 Å². The number of nitrogens with one attached hydrogen (secondary N) is 2. The van der Waals surface area contributed by atoms with Gasteiger partial charge in [0.05, 0.1) is 17.7 Å². The number of ether oxygens (including phenoxy) is 2. The molecular formula is C24H38N4O5. The molecule has 2 rings (SSSR count). The molecule has 0 saturated carbocycles. The van der Waals surface area contributed by atoms with Crippen molar-refractivity contribution in [3.63, 3.8) is 0 Å². The molecular weight excluding hydrogens is 424 g/mol. The number of hydrogen-bond donors (Lipinski definition) is 2. The summed E-state index contributed by atoms with van der Waals surface area (Å²) in [5, 5.41) is 5.74. The van der Waals surface area contributed by atoms with E-state index in [1.54, 1.807) is 49.1 Å². The van der Waals surface area contributed by atoms with Crippen molar-refractivity contribution in [1.82, 2.24) is 15.1 Å². The van der Waals surface area contributed by atoms with E-state index in [4.69, 9.17) is 9.47 Å². The molecule has 0 fully saturated rings. The molecule has 0 aliphatic carbocycles. The second kappa shape index (κ2) is 12.4. The Labute approximate surface area is 196 Å². The minimum absolute atomic E-state index is 0.0193. The molecule has 0 bridgehead atoms. The molecule has 4 amide bonds. The standard InChI is InChI=1S/C24H38N4O5/c1-7-11-25-24(31)28-13-16(3)21(32-6)14-27(5)23(30)19-12-18(26-22(29)8-2)9-10-20(19)33-15-17(28)4/h9-10,12,16-17,21H,7-8,11,13-15H2,1-6H3,(H,25,31)(H,26,29)/t16-,17+,21+/m1/s1. The lowest BCUT2D eigenvalue weighted by Crippen LogP contribution is -2.51. The van der Waals surface area contributed by atoms with Crippen LogP contribution in [-0.2, 0) is 9.53 Å². The van der Waals surface area contributed by atoms with Crippen molar-refractivity contribution >= 4 is 23.5 Å². The van der Waals surface area contributed by atoms with Crippen LogP contribution >= 0.6 is 0 Å². The fourth-order valence-corrected chi connectivity index (χ4v) is 3.72. The normalized spacial score (nSPS) is 21.9. The van der Waals surface area contributed by atoms with Gasteiger partial charge in [0.1, 0.15) is 12.4 Å². The number of nitrogens with zero attached hydrogens (tertiary/aromatic N) is 2. The van der Waals surface area contributed by atoms with Gasteiger partial charge >= 0.3 is 6.03 Å². The Balaban J connectivity index is 2.42. The monoisotopic (exact) mass is 462 g/mol. The smallest absolute Gasteiger partial charge is 0.317 e. The number of amides is 4. The van der Waals surface area contributed by atoms with E-state index in [1.165, 1.54) is 0 Å². The Hall–Kier alpha value is -2.81. The molecule has 0 saturated heterocycles. The maximum atomic E-state index is 13.3. The van der Waals surface area contributed by atoms with Crippen molar-refractivity contribution in [1.29, 1.82) is 0 Å². The predicted octanol–water partition coefficient (Wildman–Crippen LogP) is 2.96. The maximum Gasteiger partial charge on any atom is 0.317 e. The molecule has 0 aromatic heterocycles. The average molecular weight is 463 g/mol. The molecule has 9 nitrogen and oxygen atoms in total. The summed E-state index contributed by atoms with van der Waals surface area (Å²) in [7, 11) is 3.33. The largest absolute Gasteiger partial charge is 0.491 e. The Kier molecular flexibility index (Phi) is 9.96. The molecule has 0 spiro atoms. The fourth-order valence-electron chi connectivity index (χ4n) is 3.72. The summed E-state index contributed by atoms with van der Waals surface area (Å²) in [4.78, 5) is 41.4. The van der Waals surface area contributed by atoms with Gasteiger partial charge in [0.25, 0.3) is 5.91 Å². The number of benzene rings is 1. The molecule has 2 N–H and O–H groups in total. The number of fused-ring (bicyclic) bond motifs is 1. The third-order valence-electron chi connectivity index (χ3n) is 5.84. The van der Waals surface area contributed by atoms with Gasteiger partial charge in [0, 0.05) is 51.8 Å². The van der Waals surface area contributed by atoms with Crippen LogP contribution in [0, 0.1) is 5.92 Å². The number of rotatable bonds is 5. The van der Waals surface area contributed by atoms with E-state index in [9.17, 15) is 14.4 Å². The Morgan fingerprint density at radius 1 is 1.21 bits per heavy atom. The summed E-state index contributed by atoms with van der Waals surface area (Å²) >= 11 is 0. The summed E-state index contributed by atoms with van der Waals surface area (Å²) in [6, 6.07) is 4.65. The topological polar surface area (TPSA) is 100 Å². The maximum absolute atomic E-state index is 13.3. The highest BCUT2D eigenvalue weighted by atomic mass is 16.5. The van der Waals surface area contributed by atoms with Crippen molar-refractivity contribution in [3.05, 3.63) is 23.8 Å². The van der Waals surface area contributed by atoms with E-state index in [-0.39, 0.29) is 42.5 Å². The van der Waals surface area contributed by atoms with Gasteiger partial charge < -0.3 is 29.9 Å². The van der Waals surface area contributed by atoms with Crippen LogP contribution in [0.1, 0.15) is 50.9 Å². The number of likely N-dealkylation sites (N-methyl/N-ethyl adjacent to an activating group) is 1. The molecule has 184 valence electrons. The first-order valence-electron chi connectivity index (χ1n) is 11.6. The zero-order valence-electron chi connectivity index (χ0n) is 20.6. The van der Waals surface area contributed by atoms with Gasteiger partial charge in [-0.2, -0.15) is 0 Å². The SMILES string of the molecule is CCCNC(=O)N1C[C@@H](C)[C@@H](OC)CN(C)C(=O)c2cc(NC(=O)CC)ccc2OC[C@@H]1C. The number of urea groups is 1. The zero-order valence-corrected chi connectivity index (χ0v) is 20.6. The van der Waals surface area contributed by atoms with Gasteiger partial charge in [-0.25, -0.2) is 4.79 Å². The van der Waals surface area contributed by atoms with E-state index >= 15 is 0 Å². The third kappa shape index (κ3) is 7.08. The van der Waals surface area contributed by atoms with E-state index in [1.807, 2.05) is 20.8 Å². The van der Waals surface area contributed by atoms with Gasteiger partial charge in [0.15, 0.2) is 0 Å². The minimum atomic E-state index is -0.264. The Morgan fingerprint density at radius 3 is 2.58 bits per heavy atom. The van der Waals surface area contributed by atoms with Crippen molar-refractivity contribution in [2.75, 3.05) is 45.7 Å². The highest BCUT2D eigenvalue weighted by molar-refractivity contribution is 5.99. The zero-order chi connectivity index (χ0) is 24.5. The highest BCUT2D eigenvalue weighted by Crippen LogP contribution is 2.26. The lowest BCUT2D eigenvalue weighted by Gasteiger charge is -2.36. The molecule has 1 aliphatic rings. The van der Waals surface area contributed by atoms with Crippen LogP contribution in [0.15, 0.2) is 18.2 Å². The number of carbonyl (C=O) groups excluding carboxylic acids is 3. The molecule has 0 radical (unpaired) electrons. The van der Waals surface area contributed by atoms with Crippen LogP contribution in [0.2, 0.25) is 0 Å². The molecule has 1 aromatic carbocycles. The van der Waals surface area contributed by atoms with Crippen LogP contribution < -0.4 is 15.4 Å². The first-order valence-corrected chi connectivity index (χ1v) is 11.6. The molecule has 1 aliphatic heterocycles. The second-order valence-corrected chi connectivity index (χ2v) is 8.59.